The fourth-order valence-corrected chi connectivity index (χ4v) is 7.78. The van der Waals surface area contributed by atoms with Crippen LogP contribution >= 0.6 is 0 Å². The maximum absolute atomic E-state index is 11.1. The van der Waals surface area contributed by atoms with Crippen molar-refractivity contribution in [2.75, 3.05) is 19.1 Å². The molecule has 0 unspecified atom stereocenters. The van der Waals surface area contributed by atoms with Gasteiger partial charge in [-0.1, -0.05) is 115 Å². The Hall–Kier alpha value is -5.68. The first-order valence-corrected chi connectivity index (χ1v) is 28.2. The second kappa shape index (κ2) is 28.8. The number of nitrogens with one attached hydrogen (secondary N) is 1. The molecule has 0 atom stereocenters. The third-order valence-corrected chi connectivity index (χ3v) is 13.1. The Bertz CT molecular complexity index is 4290. The van der Waals surface area contributed by atoms with E-state index < -0.39 is 38.4 Å². The first-order chi connectivity index (χ1) is 35.9. The topological polar surface area (TPSA) is 380 Å². The minimum absolute atomic E-state index is 0. The molecule has 32 heteroatoms. The van der Waals surface area contributed by atoms with E-state index in [-0.39, 0.29) is 130 Å². The Morgan fingerprint density at radius 3 is 1.12 bits per heavy atom. The number of aromatic nitrogens is 8. The van der Waals surface area contributed by atoms with E-state index in [1.807, 2.05) is 97.1 Å². The molecule has 80 heavy (non-hydrogen) atoms. The van der Waals surface area contributed by atoms with Crippen LogP contribution in [0.2, 0.25) is 0 Å². The molecule has 2 aliphatic rings. The van der Waals surface area contributed by atoms with E-state index in [4.69, 9.17) is 76.5 Å². The van der Waals surface area contributed by atoms with Crippen LogP contribution in [0.15, 0.2) is 115 Å². The van der Waals surface area contributed by atoms with Crippen molar-refractivity contribution in [1.29, 1.82) is 10.5 Å². The zero-order chi connectivity index (χ0) is 55.2. The van der Waals surface area contributed by atoms with Gasteiger partial charge in [0.1, 0.15) is 0 Å². The smallest absolute Gasteiger partial charge is 0.748 e. The van der Waals surface area contributed by atoms with Crippen LogP contribution in [0.4, 0.5) is 0 Å². The van der Waals surface area contributed by atoms with Crippen LogP contribution in [-0.4, -0.2) is 96.3 Å². The van der Waals surface area contributed by atoms with Crippen molar-refractivity contribution >= 4 is 94.0 Å². The number of sulfonamides is 1. The fourth-order valence-electron chi connectivity index (χ4n) is 7.31. The summed E-state index contributed by atoms with van der Waals surface area (Å²) in [6, 6.07) is 39.9. The van der Waals surface area contributed by atoms with Crippen molar-refractivity contribution in [1.82, 2.24) is 44.6 Å². The molecule has 5 heterocycles. The first kappa shape index (κ1) is 68.6. The molecular weight excluding hydrogens is 1200 g/mol. The molecule has 0 aliphatic carbocycles. The van der Waals surface area contributed by atoms with E-state index in [1.165, 1.54) is 18.2 Å². The van der Waals surface area contributed by atoms with Gasteiger partial charge in [0.2, 0.25) is 10.0 Å². The van der Waals surface area contributed by atoms with Crippen LogP contribution in [0.5, 0.6) is 0 Å². The average Bonchev–Trinajstić information content (AvgIpc) is 4.10. The standard InChI is InChI=1S/C32H16N8.C15H11N5O2S.CH4O3S.Cu.3Na.H2O6S2/c1-2-10-18-17(9-1)25-33-26(18)38-28-21-13-5-6-14-22(21)30(35-28)40-32-24-16-8-7-15-23(24)31(36-32)39-29-20-12-4-3-11-19(20)27(34-29)37-25;1-18-14(9-16)12-4-5-13(15(10-17)19-2)11(8-12)6-7-20-23(3,21)22;1-5(2,3)4;;;;;1-7(2,3)8(4,5)6/h1-16H;4-5,8,20H,6-7H2,3H3;1H3,(H,2,3,4);;;;;(H,1,2,3)(H,4,5,6)/q-2;;;;3*+1;/p-3/b;14-12-,15-13-;;;;;;. The summed E-state index contributed by atoms with van der Waals surface area (Å²) in [4.78, 5) is 45.5. The van der Waals surface area contributed by atoms with E-state index in [1.54, 1.807) is 12.1 Å². The molecule has 0 saturated heterocycles. The summed E-state index contributed by atoms with van der Waals surface area (Å²) in [6.07, 6.45) is 1.84. The summed E-state index contributed by atoms with van der Waals surface area (Å²) in [7, 11) is -18.6. The summed E-state index contributed by atoms with van der Waals surface area (Å²) < 4.78 is 107. The van der Waals surface area contributed by atoms with Gasteiger partial charge in [-0.3, -0.25) is 0 Å². The quantitative estimate of drug-likeness (QED) is 0.0726. The Balaban J connectivity index is 0.000000360. The molecule has 2 aliphatic heterocycles. The number of nitriles is 2. The van der Waals surface area contributed by atoms with Crippen molar-refractivity contribution in [3.05, 3.63) is 154 Å². The van der Waals surface area contributed by atoms with Crippen molar-refractivity contribution in [3.8, 4) is 57.7 Å². The summed E-state index contributed by atoms with van der Waals surface area (Å²) in [5.41, 5.74) is 6.05. The van der Waals surface area contributed by atoms with Crippen molar-refractivity contribution < 1.29 is 153 Å². The summed E-state index contributed by atoms with van der Waals surface area (Å²) in [5, 5.41) is 22.2. The van der Waals surface area contributed by atoms with Crippen LogP contribution in [0.3, 0.4) is 0 Å². The molecule has 8 aromatic rings. The monoisotopic (exact) mass is 1220 g/mol. The Morgan fingerprint density at radius 2 is 0.850 bits per heavy atom. The number of nitrogens with zero attached hydrogens (tertiary/aromatic N) is 12. The third kappa shape index (κ3) is 16.9. The molecule has 5 aromatic carbocycles. The third-order valence-electron chi connectivity index (χ3n) is 10.4. The predicted molar refractivity (Wildman–Crippen MR) is 272 cm³/mol. The van der Waals surface area contributed by atoms with E-state index in [2.05, 4.69) is 14.4 Å². The van der Waals surface area contributed by atoms with Crippen LogP contribution < -0.4 is 114 Å². The molecule has 0 fully saturated rings. The summed E-state index contributed by atoms with van der Waals surface area (Å²) >= 11 is 0. The molecule has 8 bridgehead atoms. The van der Waals surface area contributed by atoms with Gasteiger partial charge in [-0.15, -0.1) is 0 Å². The molecule has 1 radical (unpaired) electrons. The molecule has 1 N–H and O–H groups in total. The summed E-state index contributed by atoms with van der Waals surface area (Å²) in [6.45, 7) is 14.1. The fraction of sp³-hybridized carbons (Fsp3) is 0.0833. The Labute approximate surface area is 533 Å². The molecular formula is C48H30CuN13Na3O11S4-2. The minimum atomic E-state index is -5.67. The van der Waals surface area contributed by atoms with Gasteiger partial charge in [-0.25, -0.2) is 68.6 Å². The zero-order valence-corrected chi connectivity index (χ0v) is 52.4. The second-order valence-corrected chi connectivity index (χ2v) is 22.9. The van der Waals surface area contributed by atoms with Gasteiger partial charge in [0.25, 0.3) is 11.4 Å². The zero-order valence-electron chi connectivity index (χ0n) is 42.2. The van der Waals surface area contributed by atoms with Crippen molar-refractivity contribution in [2.24, 2.45) is 0 Å². The molecule has 24 nitrogen and oxygen atoms in total. The largest absolute Gasteiger partial charge is 1.00 e. The van der Waals surface area contributed by atoms with Crippen LogP contribution in [0.1, 0.15) is 5.56 Å². The molecule has 10 rings (SSSR count). The van der Waals surface area contributed by atoms with Gasteiger partial charge in [0, 0.05) is 74.7 Å². The second-order valence-electron chi connectivity index (χ2n) is 15.6. The van der Waals surface area contributed by atoms with Gasteiger partial charge in [-0.2, -0.15) is 0 Å². The van der Waals surface area contributed by atoms with Crippen LogP contribution in [0, 0.1) is 35.8 Å². The summed E-state index contributed by atoms with van der Waals surface area (Å²) in [5.74, 6) is 2.21. The molecule has 0 saturated carbocycles. The van der Waals surface area contributed by atoms with Gasteiger partial charge < -0.3 is 43.6 Å². The molecule has 3 aromatic heterocycles. The van der Waals surface area contributed by atoms with Crippen LogP contribution in [-0.2, 0) is 61.9 Å². The SMILES string of the molecule is CS(=O)(=O)[O-].O=S(=O)([O-])S(=O)(=O)[O-].[C-]#[N+]/C(C#N)=c1/cc/c(=C(\C#N)[N+]#[C-])c(CCNS(C)(=O)=O)c1.[Cu].[Na+].[Na+].[Na+].c1ccc2c(c1)-c1nc-2nc2[n-]c(nc3nc(nc4[n-]c(n1)c1ccccc41)-c1ccccc1-3)c1ccccc21. The van der Waals surface area contributed by atoms with Gasteiger partial charge in [-0.05, 0) is 44.0 Å². The van der Waals surface area contributed by atoms with E-state index >= 15 is 0 Å². The van der Waals surface area contributed by atoms with E-state index in [9.17, 15) is 34.4 Å². The van der Waals surface area contributed by atoms with Crippen LogP contribution in [0.25, 0.3) is 111 Å². The number of benzene rings is 5. The number of rotatable bonds is 5. The normalized spacial score (nSPS) is 11.8. The molecule has 0 amide bonds. The number of hydrogen-bond acceptors (Lipinski definition) is 19. The Kier molecular flexibility index (Phi) is 24.7. The van der Waals surface area contributed by atoms with Crippen molar-refractivity contribution in [2.45, 2.75) is 6.42 Å². The average molecular weight is 1230 g/mol. The van der Waals surface area contributed by atoms with Gasteiger partial charge >= 0.3 is 88.7 Å². The first-order valence-electron chi connectivity index (χ1n) is 21.2. The molecule has 393 valence electrons. The van der Waals surface area contributed by atoms with Gasteiger partial charge in [0.05, 0.1) is 65.0 Å². The Morgan fingerprint density at radius 1 is 0.537 bits per heavy atom. The van der Waals surface area contributed by atoms with Gasteiger partial charge in [0.15, 0.2) is 18.3 Å². The number of hydrogen-bond donors (Lipinski definition) is 1. The minimum Gasteiger partial charge on any atom is -0.748 e. The maximum Gasteiger partial charge on any atom is 1.00 e. The predicted octanol–water partition coefficient (Wildman–Crippen LogP) is -5.83. The van der Waals surface area contributed by atoms with E-state index in [0.29, 0.717) is 68.1 Å². The van der Waals surface area contributed by atoms with Crippen molar-refractivity contribution in [3.63, 3.8) is 0 Å². The number of fused-ring (bicyclic) bond motifs is 20. The molecule has 0 spiro atoms. The maximum atomic E-state index is 11.1. The van der Waals surface area contributed by atoms with E-state index in [0.717, 1.165) is 50.1 Å².